The molecule has 11 heteroatoms. The first-order valence-electron chi connectivity index (χ1n) is 9.16. The number of hydrogen-bond acceptors (Lipinski definition) is 6. The van der Waals surface area contributed by atoms with Crippen molar-refractivity contribution in [3.05, 3.63) is 44.2 Å². The second-order valence-electron chi connectivity index (χ2n) is 6.70. The van der Waals surface area contributed by atoms with E-state index in [9.17, 15) is 18.0 Å². The maximum absolute atomic E-state index is 12.7. The standard InChI is InChI=1S/C19H20Cl2N2O5S2/c1-3-28-19(25)17-12-5-4-6-15(12)29-18(17)22-16(24)10-23(30(2,26)27)11-7-8-13(20)14(21)9-11/h7-9H,3-6,10H2,1-2H3,(H,22,24). The van der Waals surface area contributed by atoms with Gasteiger partial charge in [-0.2, -0.15) is 0 Å². The molecule has 0 bridgehead atoms. The van der Waals surface area contributed by atoms with Crippen LogP contribution < -0.4 is 9.62 Å². The zero-order valence-electron chi connectivity index (χ0n) is 16.3. The van der Waals surface area contributed by atoms with Gasteiger partial charge >= 0.3 is 5.97 Å². The van der Waals surface area contributed by atoms with Gasteiger partial charge in [0.25, 0.3) is 0 Å². The number of nitrogens with zero attached hydrogens (tertiary/aromatic N) is 1. The van der Waals surface area contributed by atoms with Crippen LogP contribution in [0.3, 0.4) is 0 Å². The van der Waals surface area contributed by atoms with E-state index in [-0.39, 0.29) is 22.3 Å². The van der Waals surface area contributed by atoms with Crippen LogP contribution >= 0.6 is 34.5 Å². The number of carbonyl (C=O) groups is 2. The van der Waals surface area contributed by atoms with Crippen molar-refractivity contribution in [1.29, 1.82) is 0 Å². The molecule has 0 saturated heterocycles. The molecule has 0 fully saturated rings. The van der Waals surface area contributed by atoms with Gasteiger partial charge in [0.1, 0.15) is 11.5 Å². The highest BCUT2D eigenvalue weighted by atomic mass is 35.5. The number of halogens is 2. The summed E-state index contributed by atoms with van der Waals surface area (Å²) in [6.45, 7) is 1.45. The van der Waals surface area contributed by atoms with Crippen molar-refractivity contribution in [2.45, 2.75) is 26.2 Å². The molecule has 0 atom stereocenters. The molecule has 162 valence electrons. The van der Waals surface area contributed by atoms with Gasteiger partial charge in [-0.25, -0.2) is 13.2 Å². The van der Waals surface area contributed by atoms with Crippen molar-refractivity contribution in [3.63, 3.8) is 0 Å². The SMILES string of the molecule is CCOC(=O)c1c(NC(=O)CN(c2ccc(Cl)c(Cl)c2)S(C)(=O)=O)sc2c1CCC2. The minimum atomic E-state index is -3.78. The van der Waals surface area contributed by atoms with Crippen LogP contribution in [0.15, 0.2) is 18.2 Å². The van der Waals surface area contributed by atoms with Gasteiger partial charge in [0, 0.05) is 4.88 Å². The number of esters is 1. The van der Waals surface area contributed by atoms with Crippen molar-refractivity contribution >= 4 is 67.1 Å². The summed E-state index contributed by atoms with van der Waals surface area (Å²) in [5.41, 5.74) is 1.47. The van der Waals surface area contributed by atoms with Crippen LogP contribution in [-0.2, 0) is 32.4 Å². The van der Waals surface area contributed by atoms with Gasteiger partial charge in [-0.1, -0.05) is 23.2 Å². The molecule has 1 amide bonds. The number of thiophene rings is 1. The molecule has 1 aliphatic carbocycles. The van der Waals surface area contributed by atoms with Crippen molar-refractivity contribution in [1.82, 2.24) is 0 Å². The lowest BCUT2D eigenvalue weighted by Gasteiger charge is -2.22. The molecule has 0 spiro atoms. The predicted molar refractivity (Wildman–Crippen MR) is 120 cm³/mol. The lowest BCUT2D eigenvalue weighted by Crippen LogP contribution is -2.37. The molecule has 0 radical (unpaired) electrons. The fourth-order valence-electron chi connectivity index (χ4n) is 3.25. The van der Waals surface area contributed by atoms with Crippen LogP contribution in [0.4, 0.5) is 10.7 Å². The van der Waals surface area contributed by atoms with Crippen LogP contribution in [-0.4, -0.2) is 39.7 Å². The van der Waals surface area contributed by atoms with E-state index in [1.807, 2.05) is 0 Å². The molecular weight excluding hydrogens is 471 g/mol. The number of hydrogen-bond donors (Lipinski definition) is 1. The Hall–Kier alpha value is -1.81. The number of sulfonamides is 1. The molecule has 2 aromatic rings. The summed E-state index contributed by atoms with van der Waals surface area (Å²) >= 11 is 13.2. The van der Waals surface area contributed by atoms with E-state index < -0.39 is 28.4 Å². The Morgan fingerprint density at radius 3 is 2.60 bits per heavy atom. The van der Waals surface area contributed by atoms with Crippen LogP contribution in [0, 0.1) is 0 Å². The van der Waals surface area contributed by atoms with E-state index in [1.54, 1.807) is 6.92 Å². The van der Waals surface area contributed by atoms with Crippen LogP contribution in [0.1, 0.15) is 34.1 Å². The number of amides is 1. The van der Waals surface area contributed by atoms with Crippen molar-refractivity contribution in [2.24, 2.45) is 0 Å². The lowest BCUT2D eigenvalue weighted by molar-refractivity contribution is -0.114. The molecule has 3 rings (SSSR count). The second kappa shape index (κ2) is 9.13. The van der Waals surface area contributed by atoms with Crippen molar-refractivity contribution in [2.75, 3.05) is 29.0 Å². The molecule has 0 saturated carbocycles. The van der Waals surface area contributed by atoms with Crippen LogP contribution in [0.25, 0.3) is 0 Å². The first-order chi connectivity index (χ1) is 14.1. The first kappa shape index (κ1) is 22.9. The third-order valence-corrected chi connectivity index (χ3v) is 7.62. The summed E-state index contributed by atoms with van der Waals surface area (Å²) in [6.07, 6.45) is 3.52. The Kier molecular flexibility index (Phi) is 6.96. The Balaban J connectivity index is 1.86. The number of nitrogens with one attached hydrogen (secondary N) is 1. The van der Waals surface area contributed by atoms with E-state index in [0.717, 1.165) is 40.3 Å². The summed E-state index contributed by atoms with van der Waals surface area (Å²) in [7, 11) is -3.78. The number of aryl methyl sites for hydroxylation is 1. The maximum atomic E-state index is 12.7. The molecule has 1 N–H and O–H groups in total. The smallest absolute Gasteiger partial charge is 0.341 e. The summed E-state index contributed by atoms with van der Waals surface area (Å²) in [5.74, 6) is -1.08. The van der Waals surface area contributed by atoms with E-state index in [1.165, 1.54) is 29.5 Å². The van der Waals surface area contributed by atoms with E-state index in [2.05, 4.69) is 5.32 Å². The molecule has 0 unspecified atom stereocenters. The molecule has 1 aromatic heterocycles. The quantitative estimate of drug-likeness (QED) is 0.589. The fraction of sp³-hybridized carbons (Fsp3) is 0.368. The normalized spacial score (nSPS) is 13.1. The largest absolute Gasteiger partial charge is 0.462 e. The summed E-state index contributed by atoms with van der Waals surface area (Å²) in [4.78, 5) is 26.2. The van der Waals surface area contributed by atoms with Crippen LogP contribution in [0.5, 0.6) is 0 Å². The Morgan fingerprint density at radius 2 is 1.97 bits per heavy atom. The highest BCUT2D eigenvalue weighted by Gasteiger charge is 2.29. The van der Waals surface area contributed by atoms with Gasteiger partial charge in [-0.3, -0.25) is 9.10 Å². The number of anilines is 2. The first-order valence-corrected chi connectivity index (χ1v) is 12.6. The topological polar surface area (TPSA) is 92.8 Å². The lowest BCUT2D eigenvalue weighted by atomic mass is 10.1. The van der Waals surface area contributed by atoms with Gasteiger partial charge in [0.05, 0.1) is 34.2 Å². The second-order valence-corrected chi connectivity index (χ2v) is 10.5. The predicted octanol–water partition coefficient (Wildman–Crippen LogP) is 4.13. The van der Waals surface area contributed by atoms with Gasteiger partial charge in [0.2, 0.25) is 15.9 Å². The van der Waals surface area contributed by atoms with Crippen LogP contribution in [0.2, 0.25) is 10.0 Å². The van der Waals surface area contributed by atoms with Crippen molar-refractivity contribution in [3.8, 4) is 0 Å². The summed E-state index contributed by atoms with van der Waals surface area (Å²) < 4.78 is 30.6. The van der Waals surface area contributed by atoms with Gasteiger partial charge in [-0.05, 0) is 49.9 Å². The number of fused-ring (bicyclic) bond motifs is 1. The molecule has 1 aromatic carbocycles. The highest BCUT2D eigenvalue weighted by molar-refractivity contribution is 7.92. The number of carbonyl (C=O) groups excluding carboxylic acids is 2. The minimum Gasteiger partial charge on any atom is -0.462 e. The minimum absolute atomic E-state index is 0.169. The molecular formula is C19H20Cl2N2O5S2. The number of ether oxygens (including phenoxy) is 1. The van der Waals surface area contributed by atoms with Gasteiger partial charge in [0.15, 0.2) is 0 Å². The van der Waals surface area contributed by atoms with Crippen molar-refractivity contribution < 1.29 is 22.7 Å². The highest BCUT2D eigenvalue weighted by Crippen LogP contribution is 2.39. The van der Waals surface area contributed by atoms with E-state index in [4.69, 9.17) is 27.9 Å². The summed E-state index contributed by atoms with van der Waals surface area (Å²) in [5, 5.41) is 3.51. The van der Waals surface area contributed by atoms with Gasteiger partial charge < -0.3 is 10.1 Å². The Morgan fingerprint density at radius 1 is 1.23 bits per heavy atom. The number of rotatable bonds is 7. The van der Waals surface area contributed by atoms with E-state index >= 15 is 0 Å². The van der Waals surface area contributed by atoms with E-state index in [0.29, 0.717) is 10.6 Å². The zero-order chi connectivity index (χ0) is 22.1. The fourth-order valence-corrected chi connectivity index (χ4v) is 5.68. The maximum Gasteiger partial charge on any atom is 0.341 e. The summed E-state index contributed by atoms with van der Waals surface area (Å²) in [6, 6.07) is 4.30. The van der Waals surface area contributed by atoms with Gasteiger partial charge in [-0.15, -0.1) is 11.3 Å². The molecule has 1 heterocycles. The Labute approximate surface area is 189 Å². The Bertz CT molecular complexity index is 1100. The zero-order valence-corrected chi connectivity index (χ0v) is 19.5. The third kappa shape index (κ3) is 4.91. The third-order valence-electron chi connectivity index (χ3n) is 4.53. The average molecular weight is 491 g/mol. The molecule has 0 aliphatic heterocycles. The number of benzene rings is 1. The average Bonchev–Trinajstić information content (AvgIpc) is 3.22. The molecule has 7 nitrogen and oxygen atoms in total. The molecule has 30 heavy (non-hydrogen) atoms. The molecule has 1 aliphatic rings. The monoisotopic (exact) mass is 490 g/mol.